The van der Waals surface area contributed by atoms with Crippen molar-refractivity contribution in [2.75, 3.05) is 7.11 Å². The second kappa shape index (κ2) is 7.51. The van der Waals surface area contributed by atoms with Crippen molar-refractivity contribution in [2.45, 2.75) is 44.6 Å². The smallest absolute Gasteiger partial charge is 0.310 e. The van der Waals surface area contributed by atoms with Gasteiger partial charge in [0.15, 0.2) is 0 Å². The molecule has 1 fully saturated rings. The van der Waals surface area contributed by atoms with Crippen molar-refractivity contribution in [3.05, 3.63) is 36.0 Å². The molecule has 2 atom stereocenters. The number of rotatable bonds is 5. The number of hydrogen-bond donors (Lipinski definition) is 2. The van der Waals surface area contributed by atoms with E-state index in [2.05, 4.69) is 16.4 Å². The molecule has 0 bridgehead atoms. The number of esters is 1. The number of carbonyl (C=O) groups is 2. The van der Waals surface area contributed by atoms with Crippen molar-refractivity contribution in [1.82, 2.24) is 10.3 Å². The van der Waals surface area contributed by atoms with Gasteiger partial charge in [0, 0.05) is 29.6 Å². The summed E-state index contributed by atoms with van der Waals surface area (Å²) in [6, 6.07) is 7.99. The van der Waals surface area contributed by atoms with Crippen LogP contribution in [-0.2, 0) is 20.7 Å². The van der Waals surface area contributed by atoms with Crippen LogP contribution in [0.25, 0.3) is 10.9 Å². The fourth-order valence-electron chi connectivity index (χ4n) is 3.60. The highest BCUT2D eigenvalue weighted by Gasteiger charge is 2.32. The summed E-state index contributed by atoms with van der Waals surface area (Å²) in [5.74, 6) is -0.418. The number of aryl methyl sites for hydroxylation is 1. The standard InChI is InChI=1S/C19H24N2O3/c1-24-19(23)15-7-3-5-9-17(15)21-18(22)11-10-13-12-20-16-8-4-2-6-14(13)16/h2,4,6,8,12,15,17,20H,3,5,7,9-11H2,1H3,(H,21,22)/t15-,17-/m1/s1. The lowest BCUT2D eigenvalue weighted by atomic mass is 9.84. The second-order valence-electron chi connectivity index (χ2n) is 6.45. The number of para-hydroxylation sites is 1. The number of aromatic nitrogens is 1. The number of H-pyrrole nitrogens is 1. The van der Waals surface area contributed by atoms with E-state index in [1.807, 2.05) is 24.4 Å². The monoisotopic (exact) mass is 328 g/mol. The van der Waals surface area contributed by atoms with Gasteiger partial charge in [-0.05, 0) is 30.9 Å². The van der Waals surface area contributed by atoms with Crippen molar-refractivity contribution in [3.63, 3.8) is 0 Å². The third-order valence-corrected chi connectivity index (χ3v) is 4.91. The van der Waals surface area contributed by atoms with E-state index >= 15 is 0 Å². The lowest BCUT2D eigenvalue weighted by molar-refractivity contribution is -0.147. The molecule has 1 aliphatic carbocycles. The SMILES string of the molecule is COC(=O)[C@@H]1CCCC[C@H]1NC(=O)CCc1c[nH]c2ccccc12. The summed E-state index contributed by atoms with van der Waals surface area (Å²) in [5, 5.41) is 4.21. The van der Waals surface area contributed by atoms with E-state index in [-0.39, 0.29) is 23.8 Å². The molecule has 5 heteroatoms. The maximum Gasteiger partial charge on any atom is 0.310 e. The first-order valence-corrected chi connectivity index (χ1v) is 8.61. The topological polar surface area (TPSA) is 71.2 Å². The van der Waals surface area contributed by atoms with Gasteiger partial charge >= 0.3 is 5.97 Å². The molecule has 24 heavy (non-hydrogen) atoms. The highest BCUT2D eigenvalue weighted by molar-refractivity contribution is 5.84. The van der Waals surface area contributed by atoms with Crippen LogP contribution in [0.1, 0.15) is 37.7 Å². The quantitative estimate of drug-likeness (QED) is 0.829. The van der Waals surface area contributed by atoms with Gasteiger partial charge in [0.1, 0.15) is 0 Å². The van der Waals surface area contributed by atoms with Crippen molar-refractivity contribution in [2.24, 2.45) is 5.92 Å². The number of fused-ring (bicyclic) bond motifs is 1. The van der Waals surface area contributed by atoms with Gasteiger partial charge in [-0.3, -0.25) is 9.59 Å². The van der Waals surface area contributed by atoms with Crippen LogP contribution in [-0.4, -0.2) is 30.0 Å². The van der Waals surface area contributed by atoms with Gasteiger partial charge < -0.3 is 15.0 Å². The van der Waals surface area contributed by atoms with Crippen molar-refractivity contribution in [1.29, 1.82) is 0 Å². The fraction of sp³-hybridized carbons (Fsp3) is 0.474. The predicted octanol–water partition coefficient (Wildman–Crippen LogP) is 2.95. The lowest BCUT2D eigenvalue weighted by Gasteiger charge is -2.30. The molecular formula is C19H24N2O3. The van der Waals surface area contributed by atoms with Gasteiger partial charge in [-0.25, -0.2) is 0 Å². The van der Waals surface area contributed by atoms with E-state index in [0.717, 1.165) is 42.1 Å². The highest BCUT2D eigenvalue weighted by atomic mass is 16.5. The zero-order valence-electron chi connectivity index (χ0n) is 14.0. The summed E-state index contributed by atoms with van der Waals surface area (Å²) < 4.78 is 4.87. The minimum Gasteiger partial charge on any atom is -0.469 e. The summed E-state index contributed by atoms with van der Waals surface area (Å²) in [5.41, 5.74) is 2.24. The number of ether oxygens (including phenoxy) is 1. The second-order valence-corrected chi connectivity index (χ2v) is 6.45. The molecule has 1 aromatic carbocycles. The first kappa shape index (κ1) is 16.6. The summed E-state index contributed by atoms with van der Waals surface area (Å²) in [6.45, 7) is 0. The van der Waals surface area contributed by atoms with Crippen molar-refractivity contribution >= 4 is 22.8 Å². The third kappa shape index (κ3) is 3.61. The maximum atomic E-state index is 12.3. The van der Waals surface area contributed by atoms with Crippen LogP contribution in [0.5, 0.6) is 0 Å². The molecule has 1 saturated carbocycles. The van der Waals surface area contributed by atoms with Crippen molar-refractivity contribution in [3.8, 4) is 0 Å². The van der Waals surface area contributed by atoms with E-state index in [0.29, 0.717) is 12.8 Å². The van der Waals surface area contributed by atoms with Gasteiger partial charge in [0.2, 0.25) is 5.91 Å². The van der Waals surface area contributed by atoms with E-state index in [1.54, 1.807) is 0 Å². The molecule has 128 valence electrons. The Morgan fingerprint density at radius 2 is 2.04 bits per heavy atom. The van der Waals surface area contributed by atoms with Crippen LogP contribution in [0.4, 0.5) is 0 Å². The van der Waals surface area contributed by atoms with Gasteiger partial charge in [0.05, 0.1) is 13.0 Å². The zero-order chi connectivity index (χ0) is 16.9. The number of benzene rings is 1. The summed E-state index contributed by atoms with van der Waals surface area (Å²) in [7, 11) is 1.41. The number of hydrogen-bond acceptors (Lipinski definition) is 3. The number of aromatic amines is 1. The van der Waals surface area contributed by atoms with E-state index < -0.39 is 0 Å². The lowest BCUT2D eigenvalue weighted by Crippen LogP contribution is -2.45. The largest absolute Gasteiger partial charge is 0.469 e. The molecular weight excluding hydrogens is 304 g/mol. The predicted molar refractivity (Wildman–Crippen MR) is 92.5 cm³/mol. The maximum absolute atomic E-state index is 12.3. The molecule has 3 rings (SSSR count). The molecule has 1 aromatic heterocycles. The summed E-state index contributed by atoms with van der Waals surface area (Å²) in [4.78, 5) is 27.4. The molecule has 1 aliphatic rings. The molecule has 0 unspecified atom stereocenters. The molecule has 1 heterocycles. The Morgan fingerprint density at radius 3 is 2.88 bits per heavy atom. The number of amides is 1. The van der Waals surface area contributed by atoms with Gasteiger partial charge in [-0.15, -0.1) is 0 Å². The first-order chi connectivity index (χ1) is 11.7. The number of carbonyl (C=O) groups excluding carboxylic acids is 2. The normalized spacial score (nSPS) is 20.7. The minimum absolute atomic E-state index is 0.00100. The Morgan fingerprint density at radius 1 is 1.25 bits per heavy atom. The Bertz CT molecular complexity index is 722. The van der Waals surface area contributed by atoms with E-state index in [1.165, 1.54) is 7.11 Å². The van der Waals surface area contributed by atoms with Crippen LogP contribution >= 0.6 is 0 Å². The van der Waals surface area contributed by atoms with E-state index in [9.17, 15) is 9.59 Å². The van der Waals surface area contributed by atoms with Crippen LogP contribution in [0.2, 0.25) is 0 Å². The highest BCUT2D eigenvalue weighted by Crippen LogP contribution is 2.26. The van der Waals surface area contributed by atoms with Gasteiger partial charge in [-0.1, -0.05) is 31.0 Å². The molecule has 0 radical (unpaired) electrons. The molecule has 2 N–H and O–H groups in total. The average Bonchev–Trinajstić information content (AvgIpc) is 3.03. The van der Waals surface area contributed by atoms with E-state index in [4.69, 9.17) is 4.74 Å². The Kier molecular flexibility index (Phi) is 5.18. The first-order valence-electron chi connectivity index (χ1n) is 8.61. The number of methoxy groups -OCH3 is 1. The van der Waals surface area contributed by atoms with Crippen LogP contribution in [0.15, 0.2) is 30.5 Å². The third-order valence-electron chi connectivity index (χ3n) is 4.91. The summed E-state index contributed by atoms with van der Waals surface area (Å²) >= 11 is 0. The zero-order valence-corrected chi connectivity index (χ0v) is 14.0. The van der Waals surface area contributed by atoms with Crippen molar-refractivity contribution < 1.29 is 14.3 Å². The fourth-order valence-corrected chi connectivity index (χ4v) is 3.60. The molecule has 0 saturated heterocycles. The number of nitrogens with one attached hydrogen (secondary N) is 2. The van der Waals surface area contributed by atoms with Gasteiger partial charge in [-0.2, -0.15) is 0 Å². The Labute approximate surface area is 141 Å². The molecule has 1 amide bonds. The molecule has 2 aromatic rings. The van der Waals surface area contributed by atoms with Crippen LogP contribution in [0.3, 0.4) is 0 Å². The Hall–Kier alpha value is -2.30. The van der Waals surface area contributed by atoms with Gasteiger partial charge in [0.25, 0.3) is 0 Å². The summed E-state index contributed by atoms with van der Waals surface area (Å²) in [6.07, 6.45) is 6.77. The Balaban J connectivity index is 1.58. The molecule has 0 aliphatic heterocycles. The van der Waals surface area contributed by atoms with Crippen LogP contribution < -0.4 is 5.32 Å². The minimum atomic E-state index is -0.211. The van der Waals surface area contributed by atoms with Crippen LogP contribution in [0, 0.1) is 5.92 Å². The molecule has 5 nitrogen and oxygen atoms in total. The average molecular weight is 328 g/mol. The molecule has 0 spiro atoms.